The molecule has 1 aliphatic heterocycles. The first-order chi connectivity index (χ1) is 8.69. The largest absolute Gasteiger partial charge is 0.366 e. The Kier molecular flexibility index (Phi) is 7.51. The van der Waals surface area contributed by atoms with Gasteiger partial charge in [0.05, 0.1) is 0 Å². The molecular formula is C14H26O4. The van der Waals surface area contributed by atoms with Crippen LogP contribution >= 0.6 is 0 Å². The predicted molar refractivity (Wildman–Crippen MR) is 70.1 cm³/mol. The molecule has 3 atom stereocenters. The SMILES string of the molecule is C=C(CCC)C(OC1CCCCO1)C(O)OCC. The highest BCUT2D eigenvalue weighted by atomic mass is 16.7. The molecule has 0 aromatic heterocycles. The Morgan fingerprint density at radius 3 is 2.78 bits per heavy atom. The third-order valence-corrected chi connectivity index (χ3v) is 3.01. The van der Waals surface area contributed by atoms with Gasteiger partial charge in [-0.2, -0.15) is 0 Å². The molecule has 106 valence electrons. The quantitative estimate of drug-likeness (QED) is 0.537. The number of ether oxygens (including phenoxy) is 3. The molecule has 0 aliphatic carbocycles. The molecule has 3 unspecified atom stereocenters. The fraction of sp³-hybridized carbons (Fsp3) is 0.857. The number of rotatable bonds is 8. The molecule has 4 nitrogen and oxygen atoms in total. The van der Waals surface area contributed by atoms with E-state index in [0.29, 0.717) is 6.61 Å². The second kappa shape index (κ2) is 8.64. The molecule has 1 aliphatic rings. The van der Waals surface area contributed by atoms with E-state index in [1.54, 1.807) is 0 Å². The molecule has 1 rings (SSSR count). The second-order valence-electron chi connectivity index (χ2n) is 4.61. The normalized spacial score (nSPS) is 23.6. The van der Waals surface area contributed by atoms with E-state index in [4.69, 9.17) is 14.2 Å². The maximum Gasteiger partial charge on any atom is 0.185 e. The zero-order valence-corrected chi connectivity index (χ0v) is 11.6. The molecule has 1 N–H and O–H groups in total. The molecule has 4 heteroatoms. The van der Waals surface area contributed by atoms with Crippen LogP contribution in [0.15, 0.2) is 12.2 Å². The summed E-state index contributed by atoms with van der Waals surface area (Å²) >= 11 is 0. The van der Waals surface area contributed by atoms with Crippen molar-refractivity contribution in [2.45, 2.75) is 64.6 Å². The highest BCUT2D eigenvalue weighted by molar-refractivity contribution is 5.03. The zero-order valence-electron chi connectivity index (χ0n) is 11.6. The van der Waals surface area contributed by atoms with Crippen LogP contribution < -0.4 is 0 Å². The third kappa shape index (κ3) is 5.06. The van der Waals surface area contributed by atoms with E-state index in [9.17, 15) is 5.11 Å². The molecule has 0 saturated carbocycles. The standard InChI is InChI=1S/C14H26O4/c1-4-8-11(3)13(14(15)16-5-2)18-12-9-6-7-10-17-12/h12-15H,3-10H2,1-2H3. The van der Waals surface area contributed by atoms with Crippen molar-refractivity contribution in [1.29, 1.82) is 0 Å². The topological polar surface area (TPSA) is 47.9 Å². The van der Waals surface area contributed by atoms with Crippen LogP contribution in [0, 0.1) is 0 Å². The van der Waals surface area contributed by atoms with Crippen LogP contribution in [0.1, 0.15) is 46.0 Å². The summed E-state index contributed by atoms with van der Waals surface area (Å²) in [4.78, 5) is 0. The summed E-state index contributed by atoms with van der Waals surface area (Å²) in [5, 5.41) is 9.97. The Bertz CT molecular complexity index is 236. The highest BCUT2D eigenvalue weighted by Crippen LogP contribution is 2.22. The van der Waals surface area contributed by atoms with Crippen molar-refractivity contribution in [2.24, 2.45) is 0 Å². The van der Waals surface area contributed by atoms with Gasteiger partial charge in [0.2, 0.25) is 0 Å². The van der Waals surface area contributed by atoms with Crippen molar-refractivity contribution >= 4 is 0 Å². The summed E-state index contributed by atoms with van der Waals surface area (Å²) in [6, 6.07) is 0. The summed E-state index contributed by atoms with van der Waals surface area (Å²) in [6.45, 7) is 9.09. The molecule has 0 aromatic rings. The van der Waals surface area contributed by atoms with E-state index >= 15 is 0 Å². The molecule has 1 fully saturated rings. The number of aliphatic hydroxyl groups is 1. The fourth-order valence-corrected chi connectivity index (χ4v) is 2.07. The lowest BCUT2D eigenvalue weighted by Crippen LogP contribution is -2.38. The van der Waals surface area contributed by atoms with Crippen LogP contribution in [0.4, 0.5) is 0 Å². The van der Waals surface area contributed by atoms with Gasteiger partial charge in [-0.05, 0) is 38.2 Å². The Morgan fingerprint density at radius 1 is 1.44 bits per heavy atom. The van der Waals surface area contributed by atoms with Gasteiger partial charge in [0.25, 0.3) is 0 Å². The number of hydrogen-bond acceptors (Lipinski definition) is 4. The summed E-state index contributed by atoms with van der Waals surface area (Å²) < 4.78 is 16.6. The zero-order chi connectivity index (χ0) is 13.4. The van der Waals surface area contributed by atoms with Crippen LogP contribution in [0.3, 0.4) is 0 Å². The Balaban J connectivity index is 2.54. The van der Waals surface area contributed by atoms with Crippen LogP contribution in [0.2, 0.25) is 0 Å². The molecule has 0 aromatic carbocycles. The van der Waals surface area contributed by atoms with E-state index < -0.39 is 12.4 Å². The van der Waals surface area contributed by atoms with E-state index in [2.05, 4.69) is 13.5 Å². The first kappa shape index (κ1) is 15.6. The highest BCUT2D eigenvalue weighted by Gasteiger charge is 2.27. The summed E-state index contributed by atoms with van der Waals surface area (Å²) in [6.07, 6.45) is 3.15. The predicted octanol–water partition coefficient (Wildman–Crippen LogP) is 2.61. The number of aliphatic hydroxyl groups excluding tert-OH is 1. The van der Waals surface area contributed by atoms with Crippen molar-refractivity contribution in [3.8, 4) is 0 Å². The maximum absolute atomic E-state index is 9.97. The monoisotopic (exact) mass is 258 g/mol. The van der Waals surface area contributed by atoms with Gasteiger partial charge in [-0.3, -0.25) is 0 Å². The minimum atomic E-state index is -0.959. The molecular weight excluding hydrogens is 232 g/mol. The molecule has 18 heavy (non-hydrogen) atoms. The number of hydrogen-bond donors (Lipinski definition) is 1. The molecule has 1 saturated heterocycles. The summed E-state index contributed by atoms with van der Waals surface area (Å²) in [5.41, 5.74) is 0.868. The lowest BCUT2D eigenvalue weighted by molar-refractivity contribution is -0.238. The average molecular weight is 258 g/mol. The molecule has 1 heterocycles. The van der Waals surface area contributed by atoms with Crippen LogP contribution in [0.25, 0.3) is 0 Å². The van der Waals surface area contributed by atoms with Gasteiger partial charge in [0, 0.05) is 13.2 Å². The van der Waals surface area contributed by atoms with Crippen molar-refractivity contribution in [1.82, 2.24) is 0 Å². The third-order valence-electron chi connectivity index (χ3n) is 3.01. The minimum Gasteiger partial charge on any atom is -0.366 e. The van der Waals surface area contributed by atoms with E-state index in [0.717, 1.165) is 44.3 Å². The Hall–Kier alpha value is -0.420. The van der Waals surface area contributed by atoms with Gasteiger partial charge in [-0.15, -0.1) is 0 Å². The van der Waals surface area contributed by atoms with Crippen molar-refractivity contribution < 1.29 is 19.3 Å². The lowest BCUT2D eigenvalue weighted by Gasteiger charge is -2.31. The first-order valence-electron chi connectivity index (χ1n) is 6.93. The van der Waals surface area contributed by atoms with E-state index in [1.807, 2.05) is 6.92 Å². The molecule has 0 amide bonds. The van der Waals surface area contributed by atoms with Crippen molar-refractivity contribution in [3.05, 3.63) is 12.2 Å². The van der Waals surface area contributed by atoms with Crippen molar-refractivity contribution in [2.75, 3.05) is 13.2 Å². The fourth-order valence-electron chi connectivity index (χ4n) is 2.07. The minimum absolute atomic E-state index is 0.243. The first-order valence-corrected chi connectivity index (χ1v) is 6.93. The van der Waals surface area contributed by atoms with E-state index in [-0.39, 0.29) is 6.29 Å². The van der Waals surface area contributed by atoms with Crippen LogP contribution in [0.5, 0.6) is 0 Å². The summed E-state index contributed by atoms with van der Waals surface area (Å²) in [5.74, 6) is 0. The Morgan fingerprint density at radius 2 is 2.22 bits per heavy atom. The lowest BCUT2D eigenvalue weighted by atomic mass is 10.1. The second-order valence-corrected chi connectivity index (χ2v) is 4.61. The smallest absolute Gasteiger partial charge is 0.185 e. The van der Waals surface area contributed by atoms with Gasteiger partial charge in [-0.1, -0.05) is 19.9 Å². The Labute approximate surface area is 110 Å². The van der Waals surface area contributed by atoms with Gasteiger partial charge in [0.15, 0.2) is 12.6 Å². The van der Waals surface area contributed by atoms with Crippen molar-refractivity contribution in [3.63, 3.8) is 0 Å². The summed E-state index contributed by atoms with van der Waals surface area (Å²) in [7, 11) is 0. The maximum atomic E-state index is 9.97. The van der Waals surface area contributed by atoms with Gasteiger partial charge in [-0.25, -0.2) is 0 Å². The molecule has 0 spiro atoms. The van der Waals surface area contributed by atoms with Gasteiger partial charge < -0.3 is 19.3 Å². The van der Waals surface area contributed by atoms with Gasteiger partial charge in [0.1, 0.15) is 6.10 Å². The van der Waals surface area contributed by atoms with E-state index in [1.165, 1.54) is 0 Å². The van der Waals surface area contributed by atoms with Crippen LogP contribution in [-0.4, -0.2) is 37.0 Å². The molecule has 0 radical (unpaired) electrons. The average Bonchev–Trinajstić information content (AvgIpc) is 2.37. The molecule has 0 bridgehead atoms. The van der Waals surface area contributed by atoms with Crippen LogP contribution in [-0.2, 0) is 14.2 Å². The van der Waals surface area contributed by atoms with Gasteiger partial charge >= 0.3 is 0 Å².